The molecule has 9 heteroatoms. The molecule has 0 aliphatic carbocycles. The van der Waals surface area contributed by atoms with Crippen LogP contribution in [0, 0.1) is 0 Å². The van der Waals surface area contributed by atoms with E-state index in [1.807, 2.05) is 6.07 Å². The maximum atomic E-state index is 12.3. The number of fused-ring (bicyclic) bond motifs is 1. The summed E-state index contributed by atoms with van der Waals surface area (Å²) in [4.78, 5) is 18.0. The van der Waals surface area contributed by atoms with Crippen molar-refractivity contribution in [1.82, 2.24) is 15.2 Å². The number of sulfonamides is 1. The highest BCUT2D eigenvalue weighted by Crippen LogP contribution is 2.17. The number of methoxy groups -OCH3 is 1. The Morgan fingerprint density at radius 2 is 2.25 bits per heavy atom. The Kier molecular flexibility index (Phi) is 4.34. The van der Waals surface area contributed by atoms with Gasteiger partial charge < -0.3 is 15.0 Å². The van der Waals surface area contributed by atoms with Gasteiger partial charge in [0.05, 0.1) is 18.4 Å². The number of aromatic nitrogens is 1. The van der Waals surface area contributed by atoms with E-state index in [1.165, 1.54) is 13.2 Å². The quantitative estimate of drug-likeness (QED) is 0.834. The standard InChI is InChI=1S/C15H16N4O4S/c1-23-15-11(3-2-6-16-15)9-17-14(20)12-4-5-13-18-24(21,22)8-7-19(13)10-12/h2-6,10H,7-9H2,1H3,(H,17,20). The molecule has 0 unspecified atom stereocenters. The minimum atomic E-state index is -3.40. The van der Waals surface area contributed by atoms with Crippen LogP contribution in [-0.4, -0.2) is 49.5 Å². The predicted molar refractivity (Wildman–Crippen MR) is 87.8 cm³/mol. The number of amides is 1. The van der Waals surface area contributed by atoms with Crippen LogP contribution in [0.3, 0.4) is 0 Å². The minimum absolute atomic E-state index is 0.0668. The molecular formula is C15H16N4O4S. The molecule has 0 atom stereocenters. The Hall–Kier alpha value is -2.68. The van der Waals surface area contributed by atoms with Crippen molar-refractivity contribution in [3.05, 3.63) is 47.8 Å². The van der Waals surface area contributed by atoms with Gasteiger partial charge in [-0.2, -0.15) is 0 Å². The van der Waals surface area contributed by atoms with Gasteiger partial charge in [0, 0.05) is 31.0 Å². The highest BCUT2D eigenvalue weighted by atomic mass is 32.2. The Bertz CT molecular complexity index is 858. The van der Waals surface area contributed by atoms with Gasteiger partial charge in [0.25, 0.3) is 15.9 Å². The first-order valence-electron chi connectivity index (χ1n) is 7.24. The molecule has 0 saturated heterocycles. The van der Waals surface area contributed by atoms with Crippen LogP contribution in [-0.2, 0) is 21.4 Å². The van der Waals surface area contributed by atoms with Crippen LogP contribution in [0.4, 0.5) is 0 Å². The van der Waals surface area contributed by atoms with Gasteiger partial charge in [-0.3, -0.25) is 4.79 Å². The fourth-order valence-electron chi connectivity index (χ4n) is 2.36. The Morgan fingerprint density at radius 3 is 3.04 bits per heavy atom. The monoisotopic (exact) mass is 348 g/mol. The average Bonchev–Trinajstić information content (AvgIpc) is 2.58. The SMILES string of the molecule is COc1ncccc1CNC(=O)C1=CN2CCS(=O)(=O)N=C2C=C1. The van der Waals surface area contributed by atoms with E-state index in [-0.39, 0.29) is 24.7 Å². The number of hydrogen-bond acceptors (Lipinski definition) is 6. The number of carbonyl (C=O) groups is 1. The molecule has 0 saturated carbocycles. The van der Waals surface area contributed by atoms with Gasteiger partial charge in [0.1, 0.15) is 5.84 Å². The zero-order valence-corrected chi connectivity index (χ0v) is 13.8. The second-order valence-electron chi connectivity index (χ2n) is 5.20. The van der Waals surface area contributed by atoms with Gasteiger partial charge in [-0.15, -0.1) is 4.40 Å². The van der Waals surface area contributed by atoms with E-state index in [9.17, 15) is 13.2 Å². The Morgan fingerprint density at radius 1 is 1.42 bits per heavy atom. The molecule has 0 fully saturated rings. The lowest BCUT2D eigenvalue weighted by molar-refractivity contribution is -0.117. The summed E-state index contributed by atoms with van der Waals surface area (Å²) in [5, 5.41) is 2.79. The number of carbonyl (C=O) groups excluding carboxylic acids is 1. The first kappa shape index (κ1) is 16.2. The summed E-state index contributed by atoms with van der Waals surface area (Å²) in [6.07, 6.45) is 6.29. The Labute approximate surface area is 139 Å². The summed E-state index contributed by atoms with van der Waals surface area (Å²) in [5.74, 6) is 0.445. The number of rotatable bonds is 4. The van der Waals surface area contributed by atoms with Crippen LogP contribution in [0.5, 0.6) is 5.88 Å². The van der Waals surface area contributed by atoms with Crippen LogP contribution in [0.2, 0.25) is 0 Å². The summed E-state index contributed by atoms with van der Waals surface area (Å²) < 4.78 is 31.8. The fraction of sp³-hybridized carbons (Fsp3) is 0.267. The molecule has 1 aromatic heterocycles. The molecule has 1 amide bonds. The van der Waals surface area contributed by atoms with E-state index in [4.69, 9.17) is 4.74 Å². The Balaban J connectivity index is 1.69. The third-order valence-corrected chi connectivity index (χ3v) is 4.73. The number of nitrogens with one attached hydrogen (secondary N) is 1. The number of pyridine rings is 1. The normalized spacial score (nSPS) is 18.3. The minimum Gasteiger partial charge on any atom is -0.481 e. The van der Waals surface area contributed by atoms with E-state index < -0.39 is 10.0 Å². The van der Waals surface area contributed by atoms with E-state index in [0.29, 0.717) is 17.3 Å². The van der Waals surface area contributed by atoms with Crippen molar-refractivity contribution < 1.29 is 17.9 Å². The maximum absolute atomic E-state index is 12.3. The molecule has 126 valence electrons. The van der Waals surface area contributed by atoms with Gasteiger partial charge in [-0.25, -0.2) is 13.4 Å². The molecule has 8 nitrogen and oxygen atoms in total. The van der Waals surface area contributed by atoms with Crippen molar-refractivity contribution in [3.63, 3.8) is 0 Å². The molecule has 3 rings (SSSR count). The first-order valence-corrected chi connectivity index (χ1v) is 8.85. The second-order valence-corrected chi connectivity index (χ2v) is 6.96. The van der Waals surface area contributed by atoms with Crippen molar-refractivity contribution in [1.29, 1.82) is 0 Å². The van der Waals surface area contributed by atoms with Gasteiger partial charge in [0.15, 0.2) is 0 Å². The molecule has 3 heterocycles. The van der Waals surface area contributed by atoms with Crippen molar-refractivity contribution in [3.8, 4) is 5.88 Å². The molecule has 1 N–H and O–H groups in total. The maximum Gasteiger partial charge on any atom is 0.256 e. The molecule has 0 bridgehead atoms. The average molecular weight is 348 g/mol. The van der Waals surface area contributed by atoms with Crippen molar-refractivity contribution in [2.24, 2.45) is 4.40 Å². The van der Waals surface area contributed by atoms with Gasteiger partial charge in [0.2, 0.25) is 5.88 Å². The van der Waals surface area contributed by atoms with Crippen molar-refractivity contribution in [2.45, 2.75) is 6.54 Å². The fourth-order valence-corrected chi connectivity index (χ4v) is 3.32. The number of amidine groups is 1. The lowest BCUT2D eigenvalue weighted by Gasteiger charge is -2.26. The summed E-state index contributed by atoms with van der Waals surface area (Å²) in [7, 11) is -1.88. The van der Waals surface area contributed by atoms with E-state index in [2.05, 4.69) is 14.7 Å². The van der Waals surface area contributed by atoms with Crippen LogP contribution >= 0.6 is 0 Å². The van der Waals surface area contributed by atoms with Gasteiger partial charge in [-0.1, -0.05) is 6.07 Å². The molecule has 24 heavy (non-hydrogen) atoms. The molecule has 2 aliphatic heterocycles. The molecule has 1 aromatic rings. The molecule has 0 spiro atoms. The van der Waals surface area contributed by atoms with Crippen LogP contribution in [0.1, 0.15) is 5.56 Å². The highest BCUT2D eigenvalue weighted by molar-refractivity contribution is 7.90. The summed E-state index contributed by atoms with van der Waals surface area (Å²) in [5.41, 5.74) is 1.19. The predicted octanol–water partition coefficient (Wildman–Crippen LogP) is 0.204. The van der Waals surface area contributed by atoms with Gasteiger partial charge in [-0.05, 0) is 18.2 Å². The molecule has 2 aliphatic rings. The third kappa shape index (κ3) is 3.46. The zero-order chi connectivity index (χ0) is 17.2. The van der Waals surface area contributed by atoms with E-state index >= 15 is 0 Å². The largest absolute Gasteiger partial charge is 0.481 e. The highest BCUT2D eigenvalue weighted by Gasteiger charge is 2.24. The van der Waals surface area contributed by atoms with Crippen LogP contribution < -0.4 is 10.1 Å². The number of ether oxygens (including phenoxy) is 1. The van der Waals surface area contributed by atoms with Crippen molar-refractivity contribution in [2.75, 3.05) is 19.4 Å². The summed E-state index contributed by atoms with van der Waals surface area (Å²) in [6, 6.07) is 3.58. The number of nitrogens with zero attached hydrogens (tertiary/aromatic N) is 3. The summed E-state index contributed by atoms with van der Waals surface area (Å²) in [6.45, 7) is 0.551. The second kappa shape index (κ2) is 6.44. The van der Waals surface area contributed by atoms with E-state index in [1.54, 1.807) is 29.4 Å². The molecular weight excluding hydrogens is 332 g/mol. The molecule has 0 radical (unpaired) electrons. The third-order valence-electron chi connectivity index (χ3n) is 3.57. The zero-order valence-electron chi connectivity index (χ0n) is 13.0. The smallest absolute Gasteiger partial charge is 0.256 e. The van der Waals surface area contributed by atoms with E-state index in [0.717, 1.165) is 5.56 Å². The summed E-state index contributed by atoms with van der Waals surface area (Å²) >= 11 is 0. The topological polar surface area (TPSA) is 101 Å². The van der Waals surface area contributed by atoms with Crippen molar-refractivity contribution >= 4 is 21.8 Å². The van der Waals surface area contributed by atoms with Crippen LogP contribution in [0.15, 0.2) is 46.7 Å². The van der Waals surface area contributed by atoms with Gasteiger partial charge >= 0.3 is 0 Å². The lowest BCUT2D eigenvalue weighted by atomic mass is 10.1. The lowest BCUT2D eigenvalue weighted by Crippen LogP contribution is -2.38. The number of hydrogen-bond donors (Lipinski definition) is 1. The van der Waals surface area contributed by atoms with Crippen LogP contribution in [0.25, 0.3) is 0 Å². The first-order chi connectivity index (χ1) is 11.5. The molecule has 0 aromatic carbocycles.